The summed E-state index contributed by atoms with van der Waals surface area (Å²) >= 11 is 0. The monoisotopic (exact) mass is 636 g/mol. The number of benzene rings is 1. The molecule has 248 valence electrons. The number of allylic oxidation sites excluding steroid dienone is 1. The number of nitrogens with one attached hydrogen (secondary N) is 1. The molecular formula is C34H44N4O8. The number of carbonyl (C=O) groups is 4. The molecule has 3 saturated heterocycles. The van der Waals surface area contributed by atoms with Gasteiger partial charge in [0.05, 0.1) is 37.2 Å². The topological polar surface area (TPSA) is 138 Å². The Morgan fingerprint density at radius 3 is 2.54 bits per heavy atom. The van der Waals surface area contributed by atoms with Crippen molar-refractivity contribution >= 4 is 23.7 Å². The normalized spacial score (nSPS) is 32.8. The minimum absolute atomic E-state index is 0.0271. The SMILES string of the molecule is O=C1CC/C=C\CN(CCN2CCOCC2)C(=O)[C@H]2N(CCCCO)C(=O)[C@@H]3[C@@H](C(=O)N[C@@H](c4ccccc4)CO1)[C@H]1C=C[C@]32O1. The lowest BCUT2D eigenvalue weighted by atomic mass is 9.74. The molecule has 12 nitrogen and oxygen atoms in total. The number of rotatable bonds is 8. The number of morpholine rings is 1. The molecule has 5 aliphatic rings. The summed E-state index contributed by atoms with van der Waals surface area (Å²) in [6, 6.07) is 7.69. The Kier molecular flexibility index (Phi) is 10.2. The second kappa shape index (κ2) is 14.5. The van der Waals surface area contributed by atoms with Crippen molar-refractivity contribution in [1.82, 2.24) is 20.0 Å². The zero-order chi connectivity index (χ0) is 32.1. The number of hydrogen-bond acceptors (Lipinski definition) is 9. The zero-order valence-electron chi connectivity index (χ0n) is 26.1. The summed E-state index contributed by atoms with van der Waals surface area (Å²) in [6.07, 6.45) is 8.28. The third-order valence-corrected chi connectivity index (χ3v) is 9.76. The Hall–Kier alpha value is -3.58. The zero-order valence-corrected chi connectivity index (χ0v) is 26.1. The summed E-state index contributed by atoms with van der Waals surface area (Å²) in [5.74, 6) is -3.07. The number of ether oxygens (including phenoxy) is 3. The van der Waals surface area contributed by atoms with Crippen LogP contribution in [0.5, 0.6) is 0 Å². The molecule has 1 aromatic rings. The molecule has 3 amide bonds. The van der Waals surface area contributed by atoms with Gasteiger partial charge in [0.2, 0.25) is 17.7 Å². The van der Waals surface area contributed by atoms with E-state index in [9.17, 15) is 24.3 Å². The van der Waals surface area contributed by atoms with E-state index >= 15 is 0 Å². The van der Waals surface area contributed by atoms with E-state index < -0.39 is 41.5 Å². The molecule has 1 spiro atoms. The number of aliphatic hydroxyl groups is 1. The number of esters is 1. The highest BCUT2D eigenvalue weighted by atomic mass is 16.5. The van der Waals surface area contributed by atoms with E-state index in [0.717, 1.165) is 18.7 Å². The van der Waals surface area contributed by atoms with E-state index in [1.54, 1.807) is 15.9 Å². The molecule has 0 radical (unpaired) electrons. The summed E-state index contributed by atoms with van der Waals surface area (Å²) in [7, 11) is 0. The van der Waals surface area contributed by atoms with Crippen molar-refractivity contribution in [3.63, 3.8) is 0 Å². The Balaban J connectivity index is 1.34. The van der Waals surface area contributed by atoms with Gasteiger partial charge in [0, 0.05) is 52.3 Å². The standard InChI is InChI=1S/C34H44N4O8/c39-20-8-7-15-38-30-33(43)37(17-16-36-18-21-44-22-19-36)14-6-2-5-11-27(40)45-23-25(24-9-3-1-4-10-24)35-31(41)28-26-12-13-34(30,46-26)29(28)32(38)42/h1-4,6,9-10,12-13,25-26,28-30,39H,5,7-8,11,14-23H2,(H,35,41)/b6-2-/t25-,26-,28+,29+,30-,34+/m1/s1. The molecule has 5 bridgehead atoms. The van der Waals surface area contributed by atoms with Gasteiger partial charge in [-0.3, -0.25) is 24.1 Å². The number of cyclic esters (lactones) is 1. The number of aliphatic hydroxyl groups excluding tert-OH is 1. The van der Waals surface area contributed by atoms with Crippen molar-refractivity contribution in [1.29, 1.82) is 0 Å². The third kappa shape index (κ3) is 6.48. The third-order valence-electron chi connectivity index (χ3n) is 9.76. The van der Waals surface area contributed by atoms with Crippen LogP contribution in [-0.4, -0.2) is 127 Å². The molecule has 0 aromatic heterocycles. The second-order valence-electron chi connectivity index (χ2n) is 12.6. The van der Waals surface area contributed by atoms with Crippen LogP contribution in [0.2, 0.25) is 0 Å². The van der Waals surface area contributed by atoms with Gasteiger partial charge in [-0.2, -0.15) is 0 Å². The number of likely N-dealkylation sites (tertiary alicyclic amines) is 1. The van der Waals surface area contributed by atoms with E-state index in [-0.39, 0.29) is 44.0 Å². The van der Waals surface area contributed by atoms with Gasteiger partial charge in [-0.1, -0.05) is 54.6 Å². The fourth-order valence-electron chi connectivity index (χ4n) is 7.38. The molecule has 6 rings (SSSR count). The van der Waals surface area contributed by atoms with Gasteiger partial charge in [-0.15, -0.1) is 0 Å². The van der Waals surface area contributed by atoms with E-state index in [1.165, 1.54) is 0 Å². The number of carbonyl (C=O) groups excluding carboxylic acids is 4. The lowest BCUT2D eigenvalue weighted by molar-refractivity contribution is -0.148. The molecule has 2 N–H and O–H groups in total. The van der Waals surface area contributed by atoms with E-state index in [2.05, 4.69) is 10.2 Å². The highest BCUT2D eigenvalue weighted by Crippen LogP contribution is 2.55. The van der Waals surface area contributed by atoms with Gasteiger partial charge in [0.15, 0.2) is 0 Å². The fourth-order valence-corrected chi connectivity index (χ4v) is 7.38. The minimum Gasteiger partial charge on any atom is -0.463 e. The van der Waals surface area contributed by atoms with Crippen LogP contribution in [0.1, 0.15) is 37.3 Å². The van der Waals surface area contributed by atoms with Gasteiger partial charge >= 0.3 is 5.97 Å². The molecule has 0 unspecified atom stereocenters. The highest BCUT2D eigenvalue weighted by molar-refractivity contribution is 6.00. The van der Waals surface area contributed by atoms with Gasteiger partial charge in [0.25, 0.3) is 0 Å². The molecule has 1 aromatic carbocycles. The molecule has 3 fully saturated rings. The Bertz CT molecular complexity index is 1330. The first-order valence-electron chi connectivity index (χ1n) is 16.5. The lowest BCUT2D eigenvalue weighted by Crippen LogP contribution is -2.57. The van der Waals surface area contributed by atoms with Crippen molar-refractivity contribution in [2.24, 2.45) is 11.8 Å². The number of unbranched alkanes of at least 4 members (excludes halogenated alkanes) is 1. The van der Waals surface area contributed by atoms with E-state index in [4.69, 9.17) is 14.2 Å². The molecule has 5 heterocycles. The van der Waals surface area contributed by atoms with Crippen LogP contribution in [0.15, 0.2) is 54.6 Å². The van der Waals surface area contributed by atoms with Crippen molar-refractivity contribution in [2.45, 2.75) is 49.5 Å². The van der Waals surface area contributed by atoms with Crippen molar-refractivity contribution in [3.05, 3.63) is 60.2 Å². The number of hydrogen-bond donors (Lipinski definition) is 2. The van der Waals surface area contributed by atoms with Gasteiger partial charge in [-0.05, 0) is 24.8 Å². The number of nitrogens with zero attached hydrogens (tertiary/aromatic N) is 3. The van der Waals surface area contributed by atoms with E-state index in [1.807, 2.05) is 48.6 Å². The molecule has 5 aliphatic heterocycles. The predicted octanol–water partition coefficient (Wildman–Crippen LogP) is 0.821. The Morgan fingerprint density at radius 1 is 0.957 bits per heavy atom. The predicted molar refractivity (Wildman–Crippen MR) is 166 cm³/mol. The molecule has 0 aliphatic carbocycles. The van der Waals surface area contributed by atoms with Crippen LogP contribution in [0.3, 0.4) is 0 Å². The van der Waals surface area contributed by atoms with Crippen LogP contribution in [0.4, 0.5) is 0 Å². The maximum Gasteiger partial charge on any atom is 0.306 e. The molecule has 12 heteroatoms. The fraction of sp³-hybridized carbons (Fsp3) is 0.588. The number of amides is 3. The van der Waals surface area contributed by atoms with Crippen molar-refractivity contribution < 1.29 is 38.5 Å². The summed E-state index contributed by atoms with van der Waals surface area (Å²) in [5.41, 5.74) is -0.521. The number of fused-ring (bicyclic) bond motifs is 2. The van der Waals surface area contributed by atoms with E-state index in [0.29, 0.717) is 52.1 Å². The lowest BCUT2D eigenvalue weighted by Gasteiger charge is -2.37. The smallest absolute Gasteiger partial charge is 0.306 e. The summed E-state index contributed by atoms with van der Waals surface area (Å²) in [6.45, 7) is 4.37. The van der Waals surface area contributed by atoms with Crippen LogP contribution >= 0.6 is 0 Å². The second-order valence-corrected chi connectivity index (χ2v) is 12.6. The van der Waals surface area contributed by atoms with Crippen LogP contribution in [0, 0.1) is 11.8 Å². The van der Waals surface area contributed by atoms with Crippen LogP contribution in [-0.2, 0) is 33.4 Å². The summed E-state index contributed by atoms with van der Waals surface area (Å²) in [5, 5.41) is 12.5. The highest BCUT2D eigenvalue weighted by Gasteiger charge is 2.73. The average molecular weight is 637 g/mol. The molecular weight excluding hydrogens is 592 g/mol. The van der Waals surface area contributed by atoms with Gasteiger partial charge < -0.3 is 34.4 Å². The Labute approximate surface area is 269 Å². The Morgan fingerprint density at radius 2 is 1.76 bits per heavy atom. The van der Waals surface area contributed by atoms with Gasteiger partial charge in [-0.25, -0.2) is 0 Å². The minimum atomic E-state index is -1.29. The molecule has 6 atom stereocenters. The van der Waals surface area contributed by atoms with Crippen molar-refractivity contribution in [2.75, 3.05) is 65.7 Å². The maximum absolute atomic E-state index is 14.7. The molecule has 0 saturated carbocycles. The first kappa shape index (κ1) is 32.4. The summed E-state index contributed by atoms with van der Waals surface area (Å²) in [4.78, 5) is 61.3. The first-order valence-corrected chi connectivity index (χ1v) is 16.5. The van der Waals surface area contributed by atoms with Crippen LogP contribution in [0.25, 0.3) is 0 Å². The summed E-state index contributed by atoms with van der Waals surface area (Å²) < 4.78 is 17.6. The van der Waals surface area contributed by atoms with Crippen molar-refractivity contribution in [3.8, 4) is 0 Å². The molecule has 46 heavy (non-hydrogen) atoms. The first-order chi connectivity index (χ1) is 22.4. The average Bonchev–Trinajstić information content (AvgIpc) is 3.72. The quantitative estimate of drug-likeness (QED) is 0.241. The van der Waals surface area contributed by atoms with Crippen LogP contribution < -0.4 is 5.32 Å². The largest absolute Gasteiger partial charge is 0.463 e. The van der Waals surface area contributed by atoms with Gasteiger partial charge in [0.1, 0.15) is 18.2 Å². The maximum atomic E-state index is 14.7.